The van der Waals surface area contributed by atoms with E-state index in [2.05, 4.69) is 42.3 Å². The van der Waals surface area contributed by atoms with E-state index in [-0.39, 0.29) is 0 Å². The molecule has 0 radical (unpaired) electrons. The van der Waals surface area contributed by atoms with E-state index < -0.39 is 0 Å². The molecule has 1 fully saturated rings. The van der Waals surface area contributed by atoms with E-state index >= 15 is 0 Å². The number of anilines is 2. The minimum Gasteiger partial charge on any atom is -0.491 e. The van der Waals surface area contributed by atoms with Gasteiger partial charge >= 0.3 is 0 Å². The van der Waals surface area contributed by atoms with Gasteiger partial charge in [-0.25, -0.2) is 0 Å². The Balaban J connectivity index is 1.95. The third-order valence-electron chi connectivity index (χ3n) is 4.35. The van der Waals surface area contributed by atoms with Crippen LogP contribution in [-0.4, -0.2) is 39.0 Å². The molecule has 2 heterocycles. The van der Waals surface area contributed by atoms with Crippen LogP contribution in [-0.2, 0) is 4.74 Å². The monoisotopic (exact) mass is 290 g/mol. The fourth-order valence-electron chi connectivity index (χ4n) is 3.33. The van der Waals surface area contributed by atoms with Gasteiger partial charge in [0.05, 0.1) is 31.5 Å². The molecule has 2 atom stereocenters. The molecule has 1 saturated heterocycles. The van der Waals surface area contributed by atoms with E-state index in [0.717, 1.165) is 57.2 Å². The zero-order valence-corrected chi connectivity index (χ0v) is 13.1. The second-order valence-corrected chi connectivity index (χ2v) is 5.94. The number of para-hydroxylation sites is 1. The molecular weight excluding hydrogens is 264 g/mol. The molecule has 0 aliphatic carbocycles. The maximum absolute atomic E-state index is 5.94. The van der Waals surface area contributed by atoms with Crippen molar-refractivity contribution in [2.24, 2.45) is 5.92 Å². The van der Waals surface area contributed by atoms with Gasteiger partial charge in [-0.1, -0.05) is 19.9 Å². The lowest BCUT2D eigenvalue weighted by Gasteiger charge is -2.32. The minimum atomic E-state index is 0.486. The van der Waals surface area contributed by atoms with Gasteiger partial charge in [-0.3, -0.25) is 0 Å². The zero-order valence-electron chi connectivity index (χ0n) is 13.1. The molecule has 116 valence electrons. The fourth-order valence-corrected chi connectivity index (χ4v) is 3.33. The van der Waals surface area contributed by atoms with Crippen LogP contribution in [0, 0.1) is 5.92 Å². The largest absolute Gasteiger partial charge is 0.491 e. The zero-order chi connectivity index (χ0) is 14.7. The quantitative estimate of drug-likeness (QED) is 0.903. The fraction of sp³-hybridized carbons (Fsp3) is 0.647. The molecule has 0 amide bonds. The van der Waals surface area contributed by atoms with E-state index in [1.807, 2.05) is 0 Å². The molecule has 1 N–H and O–H groups in total. The molecule has 0 saturated carbocycles. The topological polar surface area (TPSA) is 33.7 Å². The van der Waals surface area contributed by atoms with Gasteiger partial charge in [0.15, 0.2) is 0 Å². The van der Waals surface area contributed by atoms with Crippen LogP contribution in [0.3, 0.4) is 0 Å². The first-order chi connectivity index (χ1) is 10.3. The summed E-state index contributed by atoms with van der Waals surface area (Å²) in [5.74, 6) is 1.54. The SMILES string of the molecule is CCCOc1cccc2c1NCC1COCC1N2CCC. The summed E-state index contributed by atoms with van der Waals surface area (Å²) in [5.41, 5.74) is 2.43. The van der Waals surface area contributed by atoms with Crippen LogP contribution in [0.15, 0.2) is 18.2 Å². The summed E-state index contributed by atoms with van der Waals surface area (Å²) >= 11 is 0. The molecular formula is C17H26N2O2. The van der Waals surface area contributed by atoms with Gasteiger partial charge in [-0.15, -0.1) is 0 Å². The van der Waals surface area contributed by atoms with Crippen molar-refractivity contribution in [3.05, 3.63) is 18.2 Å². The smallest absolute Gasteiger partial charge is 0.144 e. The van der Waals surface area contributed by atoms with Gasteiger partial charge < -0.3 is 19.7 Å². The minimum absolute atomic E-state index is 0.486. The maximum Gasteiger partial charge on any atom is 0.144 e. The summed E-state index contributed by atoms with van der Waals surface area (Å²) < 4.78 is 11.7. The van der Waals surface area contributed by atoms with Crippen molar-refractivity contribution in [2.75, 3.05) is 43.1 Å². The molecule has 2 aliphatic heterocycles. The van der Waals surface area contributed by atoms with E-state index in [1.54, 1.807) is 0 Å². The number of hydrogen-bond acceptors (Lipinski definition) is 4. The number of hydrogen-bond donors (Lipinski definition) is 1. The van der Waals surface area contributed by atoms with Gasteiger partial charge in [0.25, 0.3) is 0 Å². The van der Waals surface area contributed by atoms with Crippen LogP contribution in [0.5, 0.6) is 5.75 Å². The molecule has 2 unspecified atom stereocenters. The number of ether oxygens (including phenoxy) is 2. The number of rotatable bonds is 5. The Morgan fingerprint density at radius 2 is 2.19 bits per heavy atom. The Bertz CT molecular complexity index is 478. The highest BCUT2D eigenvalue weighted by atomic mass is 16.5. The first-order valence-electron chi connectivity index (χ1n) is 8.19. The van der Waals surface area contributed by atoms with Crippen molar-refractivity contribution in [3.8, 4) is 5.75 Å². The van der Waals surface area contributed by atoms with E-state index in [0.29, 0.717) is 12.0 Å². The lowest BCUT2D eigenvalue weighted by molar-refractivity contribution is 0.185. The molecule has 21 heavy (non-hydrogen) atoms. The number of fused-ring (bicyclic) bond motifs is 2. The van der Waals surface area contributed by atoms with E-state index in [9.17, 15) is 0 Å². The van der Waals surface area contributed by atoms with E-state index in [1.165, 1.54) is 5.69 Å². The van der Waals surface area contributed by atoms with Crippen molar-refractivity contribution in [2.45, 2.75) is 32.7 Å². The molecule has 0 aromatic heterocycles. The average molecular weight is 290 g/mol. The standard InChI is InChI=1S/C17H26N2O2/c1-3-8-19-14-6-5-7-16(21-9-4-2)17(14)18-10-13-11-20-12-15(13)19/h5-7,13,15,18H,3-4,8-12H2,1-2H3. The molecule has 0 spiro atoms. The normalized spacial score (nSPS) is 24.0. The summed E-state index contributed by atoms with van der Waals surface area (Å²) in [6, 6.07) is 6.87. The van der Waals surface area contributed by atoms with E-state index in [4.69, 9.17) is 9.47 Å². The van der Waals surface area contributed by atoms with Crippen LogP contribution in [0.1, 0.15) is 26.7 Å². The van der Waals surface area contributed by atoms with Gasteiger partial charge in [-0.2, -0.15) is 0 Å². The predicted molar refractivity (Wildman–Crippen MR) is 86.5 cm³/mol. The highest BCUT2D eigenvalue weighted by molar-refractivity contribution is 5.78. The Morgan fingerprint density at radius 3 is 3.00 bits per heavy atom. The molecule has 0 bridgehead atoms. The van der Waals surface area contributed by atoms with Crippen molar-refractivity contribution >= 4 is 11.4 Å². The van der Waals surface area contributed by atoms with Crippen LogP contribution in [0.4, 0.5) is 11.4 Å². The Kier molecular flexibility index (Phi) is 4.54. The Morgan fingerprint density at radius 1 is 1.29 bits per heavy atom. The molecule has 1 aromatic carbocycles. The van der Waals surface area contributed by atoms with Crippen LogP contribution < -0.4 is 15.0 Å². The average Bonchev–Trinajstić information content (AvgIpc) is 2.91. The lowest BCUT2D eigenvalue weighted by Crippen LogP contribution is -2.41. The van der Waals surface area contributed by atoms with Crippen LogP contribution >= 0.6 is 0 Å². The number of benzene rings is 1. The van der Waals surface area contributed by atoms with Gasteiger partial charge in [0.2, 0.25) is 0 Å². The van der Waals surface area contributed by atoms with Crippen molar-refractivity contribution in [1.82, 2.24) is 0 Å². The lowest BCUT2D eigenvalue weighted by atomic mass is 10.0. The molecule has 3 rings (SSSR count). The number of nitrogens with one attached hydrogen (secondary N) is 1. The summed E-state index contributed by atoms with van der Waals surface area (Å²) in [5, 5.41) is 3.62. The maximum atomic E-state index is 5.94. The first-order valence-corrected chi connectivity index (χ1v) is 8.19. The summed E-state index contributed by atoms with van der Waals surface area (Å²) in [6.45, 7) is 8.87. The predicted octanol–water partition coefficient (Wildman–Crippen LogP) is 3.13. The summed E-state index contributed by atoms with van der Waals surface area (Å²) in [4.78, 5) is 2.52. The van der Waals surface area contributed by atoms with Crippen molar-refractivity contribution in [1.29, 1.82) is 0 Å². The molecule has 4 heteroatoms. The summed E-state index contributed by atoms with van der Waals surface area (Å²) in [6.07, 6.45) is 2.17. The van der Waals surface area contributed by atoms with Gasteiger partial charge in [0, 0.05) is 19.0 Å². The molecule has 1 aromatic rings. The van der Waals surface area contributed by atoms with Gasteiger partial charge in [0.1, 0.15) is 11.4 Å². The molecule has 4 nitrogen and oxygen atoms in total. The Labute approximate surface area is 127 Å². The highest BCUT2D eigenvalue weighted by Gasteiger charge is 2.36. The van der Waals surface area contributed by atoms with Crippen LogP contribution in [0.25, 0.3) is 0 Å². The van der Waals surface area contributed by atoms with Gasteiger partial charge in [-0.05, 0) is 25.0 Å². The summed E-state index contributed by atoms with van der Waals surface area (Å²) in [7, 11) is 0. The first kappa shape index (κ1) is 14.5. The Hall–Kier alpha value is -1.42. The highest BCUT2D eigenvalue weighted by Crippen LogP contribution is 2.40. The number of nitrogens with zero attached hydrogens (tertiary/aromatic N) is 1. The second-order valence-electron chi connectivity index (χ2n) is 5.94. The second kappa shape index (κ2) is 6.56. The van der Waals surface area contributed by atoms with Crippen molar-refractivity contribution in [3.63, 3.8) is 0 Å². The third kappa shape index (κ3) is 2.82. The van der Waals surface area contributed by atoms with Crippen LogP contribution in [0.2, 0.25) is 0 Å². The molecule has 2 aliphatic rings. The third-order valence-corrected chi connectivity index (χ3v) is 4.35. The van der Waals surface area contributed by atoms with Crippen molar-refractivity contribution < 1.29 is 9.47 Å².